The van der Waals surface area contributed by atoms with Crippen LogP contribution in [0.15, 0.2) is 16.6 Å². The first-order valence-electron chi connectivity index (χ1n) is 5.53. The molecule has 7 heteroatoms. The molecule has 19 heavy (non-hydrogen) atoms. The molecule has 1 heterocycles. The van der Waals surface area contributed by atoms with Gasteiger partial charge < -0.3 is 9.84 Å². The zero-order chi connectivity index (χ0) is 14.0. The lowest BCUT2D eigenvalue weighted by Gasteiger charge is -2.04. The fourth-order valence-corrected chi connectivity index (χ4v) is 2.84. The van der Waals surface area contributed by atoms with E-state index < -0.39 is 5.97 Å². The fraction of sp³-hybridized carbons (Fsp3) is 0.333. The molecule has 4 nitrogen and oxygen atoms in total. The number of aliphatic hydroxyl groups is 1. The predicted octanol–water partition coefficient (Wildman–Crippen LogP) is 3.73. The molecule has 1 fully saturated rings. The molecule has 0 amide bonds. The highest BCUT2D eigenvalue weighted by atomic mass is 35.5. The van der Waals surface area contributed by atoms with E-state index in [9.17, 15) is 9.90 Å². The monoisotopic (exact) mass is 319 g/mol. The summed E-state index contributed by atoms with van der Waals surface area (Å²) >= 11 is 12.9. The van der Waals surface area contributed by atoms with Crippen LogP contribution in [0.3, 0.4) is 0 Å². The Morgan fingerprint density at radius 1 is 1.58 bits per heavy atom. The minimum atomic E-state index is -0.666. The minimum absolute atomic E-state index is 0.0224. The van der Waals surface area contributed by atoms with Gasteiger partial charge in [0.1, 0.15) is 15.7 Å². The van der Waals surface area contributed by atoms with Crippen molar-refractivity contribution in [2.24, 2.45) is 4.99 Å². The van der Waals surface area contributed by atoms with Crippen molar-refractivity contribution in [1.29, 1.82) is 0 Å². The Morgan fingerprint density at radius 2 is 2.26 bits per heavy atom. The van der Waals surface area contributed by atoms with E-state index in [1.54, 1.807) is 0 Å². The molecule has 1 saturated carbocycles. The molecule has 1 aliphatic carbocycles. The van der Waals surface area contributed by atoms with Gasteiger partial charge in [0.05, 0.1) is 17.5 Å². The molecule has 1 aromatic heterocycles. The second-order valence-electron chi connectivity index (χ2n) is 4.00. The van der Waals surface area contributed by atoms with Crippen LogP contribution in [0.5, 0.6) is 0 Å². The zero-order valence-corrected chi connectivity index (χ0v) is 12.3. The SMILES string of the molecule is COC(=O)/C(C=NC1CC1)=C(\O)c1cc(Cl)sc1Cl. The van der Waals surface area contributed by atoms with Crippen molar-refractivity contribution in [1.82, 2.24) is 0 Å². The lowest BCUT2D eigenvalue weighted by Crippen LogP contribution is -2.09. The van der Waals surface area contributed by atoms with E-state index >= 15 is 0 Å². The molecule has 0 saturated heterocycles. The molecule has 0 bridgehead atoms. The van der Waals surface area contributed by atoms with Gasteiger partial charge in [-0.05, 0) is 18.9 Å². The van der Waals surface area contributed by atoms with E-state index in [2.05, 4.69) is 9.73 Å². The molecule has 1 N–H and O–H groups in total. The lowest BCUT2D eigenvalue weighted by atomic mass is 10.1. The molecular weight excluding hydrogens is 309 g/mol. The second kappa shape index (κ2) is 5.94. The number of carbonyl (C=O) groups is 1. The third-order valence-corrected chi connectivity index (χ3v) is 4.02. The van der Waals surface area contributed by atoms with Crippen LogP contribution >= 0.6 is 34.5 Å². The van der Waals surface area contributed by atoms with Crippen molar-refractivity contribution >= 4 is 52.5 Å². The predicted molar refractivity (Wildman–Crippen MR) is 77.4 cm³/mol. The number of methoxy groups -OCH3 is 1. The minimum Gasteiger partial charge on any atom is -0.506 e. The second-order valence-corrected chi connectivity index (χ2v) is 6.29. The number of hydrogen-bond acceptors (Lipinski definition) is 5. The Kier molecular flexibility index (Phi) is 4.50. The summed E-state index contributed by atoms with van der Waals surface area (Å²) in [7, 11) is 1.24. The normalized spacial score (nSPS) is 16.6. The third-order valence-electron chi connectivity index (χ3n) is 2.53. The first kappa shape index (κ1) is 14.4. The Labute approximate surface area is 124 Å². The molecule has 2 rings (SSSR count). The van der Waals surface area contributed by atoms with Crippen molar-refractivity contribution in [2.45, 2.75) is 18.9 Å². The smallest absolute Gasteiger partial charge is 0.343 e. The van der Waals surface area contributed by atoms with Gasteiger partial charge in [0, 0.05) is 11.8 Å². The van der Waals surface area contributed by atoms with E-state index in [0.29, 0.717) is 14.2 Å². The van der Waals surface area contributed by atoms with Crippen LogP contribution in [-0.4, -0.2) is 30.4 Å². The van der Waals surface area contributed by atoms with Gasteiger partial charge in [0.25, 0.3) is 0 Å². The summed E-state index contributed by atoms with van der Waals surface area (Å²) in [6.45, 7) is 0. The average molecular weight is 320 g/mol. The van der Waals surface area contributed by atoms with Crippen LogP contribution in [-0.2, 0) is 9.53 Å². The molecular formula is C12H11Cl2NO3S. The summed E-state index contributed by atoms with van der Waals surface area (Å²) in [6, 6.07) is 1.73. The van der Waals surface area contributed by atoms with E-state index in [1.165, 1.54) is 19.4 Å². The van der Waals surface area contributed by atoms with Crippen LogP contribution in [0.2, 0.25) is 8.67 Å². The largest absolute Gasteiger partial charge is 0.506 e. The Balaban J connectivity index is 2.40. The number of aliphatic imine (C=N–C) groups is 1. The summed E-state index contributed by atoms with van der Waals surface area (Å²) < 4.78 is 5.37. The number of aliphatic hydroxyl groups excluding tert-OH is 1. The van der Waals surface area contributed by atoms with Crippen LogP contribution in [0.4, 0.5) is 0 Å². The summed E-state index contributed by atoms with van der Waals surface area (Å²) in [5, 5.41) is 10.2. The maximum atomic E-state index is 11.7. The molecule has 0 unspecified atom stereocenters. The molecule has 0 aliphatic heterocycles. The average Bonchev–Trinajstić information content (AvgIpc) is 3.13. The quantitative estimate of drug-likeness (QED) is 0.398. The molecule has 0 radical (unpaired) electrons. The summed E-state index contributed by atoms with van der Waals surface area (Å²) in [5.41, 5.74) is 0.282. The van der Waals surface area contributed by atoms with Gasteiger partial charge >= 0.3 is 5.97 Å². The molecule has 0 atom stereocenters. The summed E-state index contributed by atoms with van der Waals surface area (Å²) in [4.78, 5) is 15.8. The Morgan fingerprint density at radius 3 is 2.74 bits per heavy atom. The molecule has 102 valence electrons. The van der Waals surface area contributed by atoms with Gasteiger partial charge in [-0.3, -0.25) is 4.99 Å². The topological polar surface area (TPSA) is 58.9 Å². The summed E-state index contributed by atoms with van der Waals surface area (Å²) in [5.74, 6) is -0.940. The number of nitrogens with zero attached hydrogens (tertiary/aromatic N) is 1. The van der Waals surface area contributed by atoms with Crippen molar-refractivity contribution < 1.29 is 14.6 Å². The first-order valence-corrected chi connectivity index (χ1v) is 7.10. The lowest BCUT2D eigenvalue weighted by molar-refractivity contribution is -0.135. The van der Waals surface area contributed by atoms with Gasteiger partial charge in [-0.15, -0.1) is 11.3 Å². The Bertz CT molecular complexity index is 561. The van der Waals surface area contributed by atoms with E-state index in [-0.39, 0.29) is 17.4 Å². The van der Waals surface area contributed by atoms with Gasteiger partial charge in [-0.25, -0.2) is 4.79 Å². The molecule has 0 aromatic carbocycles. The number of carbonyl (C=O) groups excluding carboxylic acids is 1. The molecule has 0 spiro atoms. The highest BCUT2D eigenvalue weighted by molar-refractivity contribution is 7.20. The van der Waals surface area contributed by atoms with Crippen LogP contribution in [0.1, 0.15) is 18.4 Å². The fourth-order valence-electron chi connectivity index (χ4n) is 1.37. The molecule has 1 aromatic rings. The maximum absolute atomic E-state index is 11.7. The number of ether oxygens (including phenoxy) is 1. The number of halogens is 2. The maximum Gasteiger partial charge on any atom is 0.343 e. The van der Waals surface area contributed by atoms with Crippen molar-refractivity contribution in [2.75, 3.05) is 7.11 Å². The van der Waals surface area contributed by atoms with E-state index in [0.717, 1.165) is 24.2 Å². The van der Waals surface area contributed by atoms with Crippen molar-refractivity contribution in [3.8, 4) is 0 Å². The molecule has 1 aliphatic rings. The first-order chi connectivity index (χ1) is 9.02. The van der Waals surface area contributed by atoms with Crippen molar-refractivity contribution in [3.05, 3.63) is 25.9 Å². The van der Waals surface area contributed by atoms with Crippen LogP contribution in [0, 0.1) is 0 Å². The highest BCUT2D eigenvalue weighted by Gasteiger charge is 2.23. The van der Waals surface area contributed by atoms with E-state index in [4.69, 9.17) is 23.2 Å². The van der Waals surface area contributed by atoms with Gasteiger partial charge in [-0.2, -0.15) is 0 Å². The van der Waals surface area contributed by atoms with Gasteiger partial charge in [0.2, 0.25) is 0 Å². The van der Waals surface area contributed by atoms with Gasteiger partial charge in [0.15, 0.2) is 0 Å². The number of thiophene rings is 1. The third kappa shape index (κ3) is 3.49. The number of rotatable bonds is 4. The van der Waals surface area contributed by atoms with Crippen molar-refractivity contribution in [3.63, 3.8) is 0 Å². The Hall–Kier alpha value is -1.04. The standard InChI is InChI=1S/C12H11Cl2NO3S/c1-18-12(17)8(5-15-6-2-3-6)10(16)7-4-9(13)19-11(7)14/h4-6,16H,2-3H2,1H3/b10-8-,15-5?. The van der Waals surface area contributed by atoms with Gasteiger partial charge in [-0.1, -0.05) is 23.2 Å². The van der Waals surface area contributed by atoms with Crippen LogP contribution < -0.4 is 0 Å². The zero-order valence-electron chi connectivity index (χ0n) is 10.0. The van der Waals surface area contributed by atoms with E-state index in [1.807, 2.05) is 0 Å². The number of esters is 1. The van der Waals surface area contributed by atoms with Crippen LogP contribution in [0.25, 0.3) is 5.76 Å². The highest BCUT2D eigenvalue weighted by Crippen LogP contribution is 2.35. The number of hydrogen-bond donors (Lipinski definition) is 1. The summed E-state index contributed by atoms with van der Waals surface area (Å²) in [6.07, 6.45) is 3.33.